The van der Waals surface area contributed by atoms with Crippen molar-refractivity contribution in [2.75, 3.05) is 0 Å². The first-order valence-electron chi connectivity index (χ1n) is 4.71. The number of benzene rings is 2. The van der Waals surface area contributed by atoms with Gasteiger partial charge in [-0.2, -0.15) is 0 Å². The Hall–Kier alpha value is -1.96. The van der Waals surface area contributed by atoms with Crippen LogP contribution >= 0.6 is 0 Å². The summed E-state index contributed by atoms with van der Waals surface area (Å²) in [5, 5.41) is 9.10. The third kappa shape index (κ3) is 2.74. The van der Waals surface area contributed by atoms with E-state index < -0.39 is 0 Å². The molecule has 0 aliphatic heterocycles. The smallest absolute Gasteiger partial charge is 0.119 e. The lowest BCUT2D eigenvalue weighted by Gasteiger charge is -2.05. The predicted molar refractivity (Wildman–Crippen MR) is 57.7 cm³/mol. The summed E-state index contributed by atoms with van der Waals surface area (Å²) in [5.41, 5.74) is 1.03. The van der Waals surface area contributed by atoms with Crippen LogP contribution in [0.1, 0.15) is 5.56 Å². The predicted octanol–water partition coefficient (Wildman–Crippen LogP) is 2.77. The minimum Gasteiger partial charge on any atom is -0.508 e. The van der Waals surface area contributed by atoms with Crippen LogP contribution in [0, 0.1) is 6.07 Å². The Morgan fingerprint density at radius 2 is 1.67 bits per heavy atom. The third-order valence-corrected chi connectivity index (χ3v) is 2.03. The van der Waals surface area contributed by atoms with Crippen molar-refractivity contribution in [2.24, 2.45) is 0 Å². The fraction of sp³-hybridized carbons (Fsp3) is 0.0769. The van der Waals surface area contributed by atoms with Crippen molar-refractivity contribution in [1.29, 1.82) is 0 Å². The van der Waals surface area contributed by atoms with E-state index in [9.17, 15) is 0 Å². The largest absolute Gasteiger partial charge is 0.508 e. The molecule has 2 nitrogen and oxygen atoms in total. The molecule has 0 amide bonds. The van der Waals surface area contributed by atoms with Crippen molar-refractivity contribution in [3.8, 4) is 11.5 Å². The Morgan fingerprint density at radius 1 is 1.00 bits per heavy atom. The fourth-order valence-corrected chi connectivity index (χ4v) is 1.23. The molecule has 0 unspecified atom stereocenters. The van der Waals surface area contributed by atoms with Gasteiger partial charge in [-0.1, -0.05) is 24.3 Å². The maximum atomic E-state index is 9.10. The van der Waals surface area contributed by atoms with Gasteiger partial charge >= 0.3 is 0 Å². The normalized spacial score (nSPS) is 9.87. The summed E-state index contributed by atoms with van der Waals surface area (Å²) in [6, 6.07) is 17.2. The lowest BCUT2D eigenvalue weighted by Crippen LogP contribution is -1.94. The first kappa shape index (κ1) is 9.59. The quantitative estimate of drug-likeness (QED) is 0.823. The summed E-state index contributed by atoms with van der Waals surface area (Å²) in [6.45, 7) is 0.504. The van der Waals surface area contributed by atoms with E-state index in [1.54, 1.807) is 12.1 Å². The fourth-order valence-electron chi connectivity index (χ4n) is 1.23. The molecule has 0 atom stereocenters. The van der Waals surface area contributed by atoms with Crippen molar-refractivity contribution in [2.45, 2.75) is 6.61 Å². The summed E-state index contributed by atoms with van der Waals surface area (Å²) in [7, 11) is 0. The van der Waals surface area contributed by atoms with Crippen molar-refractivity contribution < 1.29 is 9.84 Å². The first-order valence-corrected chi connectivity index (χ1v) is 4.71. The second-order valence-corrected chi connectivity index (χ2v) is 3.19. The number of aromatic hydroxyl groups is 1. The van der Waals surface area contributed by atoms with Crippen molar-refractivity contribution in [1.82, 2.24) is 0 Å². The number of phenolic OH excluding ortho intramolecular Hbond substituents is 1. The van der Waals surface area contributed by atoms with Crippen LogP contribution in [0.4, 0.5) is 0 Å². The van der Waals surface area contributed by atoms with E-state index in [0.717, 1.165) is 11.3 Å². The van der Waals surface area contributed by atoms with Crippen LogP contribution in [0.15, 0.2) is 48.5 Å². The highest BCUT2D eigenvalue weighted by molar-refractivity contribution is 5.26. The monoisotopic (exact) mass is 199 g/mol. The summed E-state index contributed by atoms with van der Waals surface area (Å²) in [6.07, 6.45) is 0. The maximum Gasteiger partial charge on any atom is 0.119 e. The Bertz CT molecular complexity index is 406. The zero-order valence-corrected chi connectivity index (χ0v) is 8.18. The topological polar surface area (TPSA) is 29.5 Å². The summed E-state index contributed by atoms with van der Waals surface area (Å²) >= 11 is 0. The highest BCUT2D eigenvalue weighted by Gasteiger charge is 1.95. The van der Waals surface area contributed by atoms with Gasteiger partial charge in [0.25, 0.3) is 0 Å². The van der Waals surface area contributed by atoms with Gasteiger partial charge < -0.3 is 9.84 Å². The molecular weight excluding hydrogens is 188 g/mol. The number of ether oxygens (including phenoxy) is 1. The van der Waals surface area contributed by atoms with Gasteiger partial charge in [0, 0.05) is 0 Å². The van der Waals surface area contributed by atoms with Crippen LogP contribution in [-0.2, 0) is 6.61 Å². The van der Waals surface area contributed by atoms with E-state index in [4.69, 9.17) is 9.84 Å². The summed E-state index contributed by atoms with van der Waals surface area (Å²) in [5.74, 6) is 1.09. The SMILES string of the molecule is Oc1ccc(COc2cc[c]cc2)cc1. The Morgan fingerprint density at radius 3 is 2.33 bits per heavy atom. The second kappa shape index (κ2) is 4.51. The van der Waals surface area contributed by atoms with Gasteiger partial charge in [0.2, 0.25) is 0 Å². The van der Waals surface area contributed by atoms with Gasteiger partial charge in [0.05, 0.1) is 0 Å². The van der Waals surface area contributed by atoms with Crippen LogP contribution in [0.3, 0.4) is 0 Å². The van der Waals surface area contributed by atoms with Gasteiger partial charge in [-0.15, -0.1) is 0 Å². The van der Waals surface area contributed by atoms with Crippen molar-refractivity contribution in [3.63, 3.8) is 0 Å². The van der Waals surface area contributed by atoms with E-state index >= 15 is 0 Å². The van der Waals surface area contributed by atoms with E-state index in [1.807, 2.05) is 36.4 Å². The number of rotatable bonds is 3. The molecule has 15 heavy (non-hydrogen) atoms. The number of hydrogen-bond donors (Lipinski definition) is 1. The summed E-state index contributed by atoms with van der Waals surface area (Å²) < 4.78 is 5.53. The molecule has 2 aromatic rings. The van der Waals surface area contributed by atoms with Gasteiger partial charge in [-0.05, 0) is 35.9 Å². The molecule has 2 heteroatoms. The second-order valence-electron chi connectivity index (χ2n) is 3.19. The zero-order chi connectivity index (χ0) is 10.5. The molecule has 0 heterocycles. The van der Waals surface area contributed by atoms with Crippen LogP contribution in [-0.4, -0.2) is 5.11 Å². The van der Waals surface area contributed by atoms with Crippen molar-refractivity contribution >= 4 is 0 Å². The third-order valence-electron chi connectivity index (χ3n) is 2.03. The molecule has 0 bridgehead atoms. The Labute approximate surface area is 88.8 Å². The lowest BCUT2D eigenvalue weighted by molar-refractivity contribution is 0.306. The molecule has 2 aromatic carbocycles. The van der Waals surface area contributed by atoms with Crippen LogP contribution in [0.25, 0.3) is 0 Å². The van der Waals surface area contributed by atoms with Crippen LogP contribution in [0.5, 0.6) is 11.5 Å². The lowest BCUT2D eigenvalue weighted by atomic mass is 10.2. The Kier molecular flexibility index (Phi) is 2.88. The molecule has 75 valence electrons. The minimum absolute atomic E-state index is 0.271. The highest BCUT2D eigenvalue weighted by Crippen LogP contribution is 2.13. The number of phenols is 1. The van der Waals surface area contributed by atoms with Gasteiger partial charge in [-0.25, -0.2) is 0 Å². The van der Waals surface area contributed by atoms with E-state index in [1.165, 1.54) is 0 Å². The Balaban J connectivity index is 1.96. The average Bonchev–Trinajstić information content (AvgIpc) is 2.30. The molecule has 0 saturated heterocycles. The molecule has 1 N–H and O–H groups in total. The molecule has 0 aromatic heterocycles. The van der Waals surface area contributed by atoms with Crippen LogP contribution < -0.4 is 4.74 Å². The van der Waals surface area contributed by atoms with Gasteiger partial charge in [0.15, 0.2) is 0 Å². The van der Waals surface area contributed by atoms with Crippen LogP contribution in [0.2, 0.25) is 0 Å². The van der Waals surface area contributed by atoms with Crippen molar-refractivity contribution in [3.05, 3.63) is 60.2 Å². The van der Waals surface area contributed by atoms with Gasteiger partial charge in [-0.3, -0.25) is 0 Å². The first-order chi connectivity index (χ1) is 7.34. The number of hydrogen-bond acceptors (Lipinski definition) is 2. The molecule has 1 radical (unpaired) electrons. The summed E-state index contributed by atoms with van der Waals surface area (Å²) in [4.78, 5) is 0. The molecule has 0 saturated carbocycles. The van der Waals surface area contributed by atoms with E-state index in [-0.39, 0.29) is 5.75 Å². The van der Waals surface area contributed by atoms with Gasteiger partial charge in [0.1, 0.15) is 18.1 Å². The maximum absolute atomic E-state index is 9.10. The van der Waals surface area contributed by atoms with E-state index in [0.29, 0.717) is 6.61 Å². The molecule has 0 spiro atoms. The molecule has 0 fully saturated rings. The standard InChI is InChI=1S/C13H11O2/c14-12-8-6-11(7-9-12)10-15-13-4-2-1-3-5-13/h2-9,14H,10H2. The molecule has 2 rings (SSSR count). The minimum atomic E-state index is 0.271. The average molecular weight is 199 g/mol. The zero-order valence-electron chi connectivity index (χ0n) is 8.18. The molecular formula is C13H11O2. The van der Waals surface area contributed by atoms with E-state index in [2.05, 4.69) is 6.07 Å². The molecule has 0 aliphatic rings. The molecule has 0 aliphatic carbocycles. The highest BCUT2D eigenvalue weighted by atomic mass is 16.5.